The van der Waals surface area contributed by atoms with Gasteiger partial charge in [0, 0.05) is 12.2 Å². The molecule has 1 aromatic rings. The molecule has 1 heterocycles. The molecule has 1 fully saturated rings. The number of β-amino-alcohol motifs (C(OH)–C–C–N with tert-alkyl or cyclic N) is 1. The van der Waals surface area contributed by atoms with E-state index in [1.165, 1.54) is 18.2 Å². The Balaban J connectivity index is 2.11. The topological polar surface area (TPSA) is 78.4 Å². The van der Waals surface area contributed by atoms with Crippen molar-refractivity contribution in [3.05, 3.63) is 29.6 Å². The third-order valence-corrected chi connectivity index (χ3v) is 2.86. The molecule has 2 amide bonds. The minimum atomic E-state index is -1.12. The molecule has 2 rings (SSSR count). The van der Waals surface area contributed by atoms with Crippen LogP contribution in [0.2, 0.25) is 0 Å². The summed E-state index contributed by atoms with van der Waals surface area (Å²) >= 11 is 0. The van der Waals surface area contributed by atoms with Crippen molar-refractivity contribution in [1.29, 1.82) is 0 Å². The van der Waals surface area contributed by atoms with Crippen LogP contribution in [0.4, 0.5) is 10.1 Å². The van der Waals surface area contributed by atoms with Crippen molar-refractivity contribution in [2.24, 2.45) is 5.92 Å². The molecule has 6 heteroatoms. The van der Waals surface area contributed by atoms with Crippen LogP contribution < -0.4 is 10.6 Å². The van der Waals surface area contributed by atoms with Gasteiger partial charge in [-0.15, -0.1) is 0 Å². The zero-order valence-corrected chi connectivity index (χ0v) is 9.74. The maximum absolute atomic E-state index is 13.0. The molecule has 3 N–H and O–H groups in total. The van der Waals surface area contributed by atoms with Crippen molar-refractivity contribution in [3.63, 3.8) is 0 Å². The Hall–Kier alpha value is -1.95. The molecule has 18 heavy (non-hydrogen) atoms. The predicted molar refractivity (Wildman–Crippen MR) is 62.3 cm³/mol. The Morgan fingerprint density at radius 3 is 2.83 bits per heavy atom. The molecular weight excluding hydrogens is 239 g/mol. The second kappa shape index (κ2) is 4.73. The van der Waals surface area contributed by atoms with Crippen molar-refractivity contribution in [3.8, 4) is 0 Å². The van der Waals surface area contributed by atoms with E-state index in [9.17, 15) is 19.1 Å². The van der Waals surface area contributed by atoms with Crippen LogP contribution in [0.1, 0.15) is 5.56 Å². The van der Waals surface area contributed by atoms with Gasteiger partial charge in [0.1, 0.15) is 11.7 Å². The fourth-order valence-electron chi connectivity index (χ4n) is 1.84. The van der Waals surface area contributed by atoms with Gasteiger partial charge in [-0.05, 0) is 30.7 Å². The number of aliphatic hydroxyl groups excluding tert-OH is 1. The average Bonchev–Trinajstić information content (AvgIpc) is 2.64. The number of nitrogens with one attached hydrogen (secondary N) is 2. The molecule has 1 saturated heterocycles. The van der Waals surface area contributed by atoms with Gasteiger partial charge in [0.2, 0.25) is 11.8 Å². The van der Waals surface area contributed by atoms with Gasteiger partial charge >= 0.3 is 0 Å². The van der Waals surface area contributed by atoms with E-state index in [0.717, 1.165) is 0 Å². The molecule has 0 saturated carbocycles. The molecule has 2 atom stereocenters. The molecule has 2 unspecified atom stereocenters. The molecule has 1 aromatic carbocycles. The van der Waals surface area contributed by atoms with Gasteiger partial charge < -0.3 is 15.7 Å². The Bertz CT molecular complexity index is 504. The molecule has 0 bridgehead atoms. The minimum Gasteiger partial charge on any atom is -0.390 e. The molecule has 0 spiro atoms. The Kier molecular flexibility index (Phi) is 3.29. The number of carbonyl (C=O) groups excluding carboxylic acids is 2. The van der Waals surface area contributed by atoms with Crippen LogP contribution in [0.25, 0.3) is 0 Å². The maximum Gasteiger partial charge on any atom is 0.239 e. The van der Waals surface area contributed by atoms with Crippen LogP contribution in [0.15, 0.2) is 18.2 Å². The number of anilines is 1. The van der Waals surface area contributed by atoms with E-state index in [1.54, 1.807) is 6.92 Å². The van der Waals surface area contributed by atoms with Gasteiger partial charge in [-0.2, -0.15) is 0 Å². The van der Waals surface area contributed by atoms with E-state index in [2.05, 4.69) is 10.6 Å². The number of aryl methyl sites for hydroxylation is 1. The normalized spacial score (nSPS) is 22.7. The van der Waals surface area contributed by atoms with Crippen LogP contribution >= 0.6 is 0 Å². The number of carbonyl (C=O) groups is 2. The zero-order valence-electron chi connectivity index (χ0n) is 9.74. The van der Waals surface area contributed by atoms with E-state index < -0.39 is 23.8 Å². The van der Waals surface area contributed by atoms with Crippen molar-refractivity contribution in [1.82, 2.24) is 5.32 Å². The van der Waals surface area contributed by atoms with Gasteiger partial charge in [-0.1, -0.05) is 0 Å². The van der Waals surface area contributed by atoms with Gasteiger partial charge in [0.25, 0.3) is 0 Å². The van der Waals surface area contributed by atoms with E-state index in [0.29, 0.717) is 11.3 Å². The fraction of sp³-hybridized carbons (Fsp3) is 0.333. The molecule has 1 aliphatic heterocycles. The predicted octanol–water partition coefficient (Wildman–Crippen LogP) is 0.180. The summed E-state index contributed by atoms with van der Waals surface area (Å²) in [6.07, 6.45) is -1.03. The first kappa shape index (κ1) is 12.5. The zero-order chi connectivity index (χ0) is 13.3. The summed E-state index contributed by atoms with van der Waals surface area (Å²) in [5.74, 6) is -2.58. The summed E-state index contributed by atoms with van der Waals surface area (Å²) in [6, 6.07) is 4.10. The number of halogens is 1. The summed E-state index contributed by atoms with van der Waals surface area (Å²) in [5.41, 5.74) is 0.787. The van der Waals surface area contributed by atoms with Crippen LogP contribution in [-0.2, 0) is 9.59 Å². The van der Waals surface area contributed by atoms with Crippen LogP contribution in [0, 0.1) is 18.7 Å². The van der Waals surface area contributed by atoms with E-state index >= 15 is 0 Å². The average molecular weight is 252 g/mol. The highest BCUT2D eigenvalue weighted by Crippen LogP contribution is 2.17. The lowest BCUT2D eigenvalue weighted by molar-refractivity contribution is -0.132. The third-order valence-electron chi connectivity index (χ3n) is 2.86. The first-order valence-corrected chi connectivity index (χ1v) is 5.52. The van der Waals surface area contributed by atoms with E-state index in [-0.39, 0.29) is 12.4 Å². The van der Waals surface area contributed by atoms with Crippen LogP contribution in [0.5, 0.6) is 0 Å². The van der Waals surface area contributed by atoms with E-state index in [1.807, 2.05) is 0 Å². The van der Waals surface area contributed by atoms with Crippen LogP contribution in [0.3, 0.4) is 0 Å². The van der Waals surface area contributed by atoms with Gasteiger partial charge in [0.15, 0.2) is 0 Å². The molecule has 96 valence electrons. The monoisotopic (exact) mass is 252 g/mol. The molecular formula is C12H13FN2O3. The van der Waals surface area contributed by atoms with Crippen molar-refractivity contribution >= 4 is 17.5 Å². The highest BCUT2D eigenvalue weighted by molar-refractivity contribution is 6.08. The lowest BCUT2D eigenvalue weighted by Crippen LogP contribution is -2.34. The van der Waals surface area contributed by atoms with Crippen molar-refractivity contribution in [2.75, 3.05) is 11.9 Å². The molecule has 5 nitrogen and oxygen atoms in total. The smallest absolute Gasteiger partial charge is 0.239 e. The molecule has 0 aromatic heterocycles. The number of hydrogen-bond acceptors (Lipinski definition) is 3. The second-order valence-corrected chi connectivity index (χ2v) is 4.24. The summed E-state index contributed by atoms with van der Waals surface area (Å²) in [7, 11) is 0. The highest BCUT2D eigenvalue weighted by atomic mass is 19.1. The Morgan fingerprint density at radius 1 is 1.56 bits per heavy atom. The van der Waals surface area contributed by atoms with Crippen molar-refractivity contribution < 1.29 is 19.1 Å². The largest absolute Gasteiger partial charge is 0.390 e. The summed E-state index contributed by atoms with van der Waals surface area (Å²) in [6.45, 7) is 1.64. The highest BCUT2D eigenvalue weighted by Gasteiger charge is 2.39. The van der Waals surface area contributed by atoms with Crippen molar-refractivity contribution in [2.45, 2.75) is 13.0 Å². The Labute approximate surface area is 103 Å². The SMILES string of the molecule is Cc1cc(NC(=O)C2C(=O)NCC2O)ccc1F. The molecule has 0 aliphatic carbocycles. The first-order chi connectivity index (χ1) is 8.49. The standard InChI is InChI=1S/C12H13FN2O3/c1-6-4-7(2-3-8(6)13)15-12(18)10-9(16)5-14-11(10)17/h2-4,9-10,16H,5H2,1H3,(H,14,17)(H,15,18). The number of hydrogen-bond donors (Lipinski definition) is 3. The third kappa shape index (κ3) is 2.33. The lowest BCUT2D eigenvalue weighted by atomic mass is 10.0. The molecule has 1 aliphatic rings. The fourth-order valence-corrected chi connectivity index (χ4v) is 1.84. The Morgan fingerprint density at radius 2 is 2.28 bits per heavy atom. The number of benzene rings is 1. The number of rotatable bonds is 2. The minimum absolute atomic E-state index is 0.0688. The first-order valence-electron chi connectivity index (χ1n) is 5.52. The number of aliphatic hydroxyl groups is 1. The van der Waals surface area contributed by atoms with Crippen LogP contribution in [-0.4, -0.2) is 29.6 Å². The van der Waals surface area contributed by atoms with Gasteiger partial charge in [0.05, 0.1) is 6.10 Å². The summed E-state index contributed by atoms with van der Waals surface area (Å²) in [4.78, 5) is 23.2. The summed E-state index contributed by atoms with van der Waals surface area (Å²) in [5, 5.41) is 14.4. The second-order valence-electron chi connectivity index (χ2n) is 4.24. The lowest BCUT2D eigenvalue weighted by Gasteiger charge is -2.12. The number of amides is 2. The summed E-state index contributed by atoms with van der Waals surface area (Å²) < 4.78 is 13.0. The molecule has 0 radical (unpaired) electrons. The quantitative estimate of drug-likeness (QED) is 0.657. The maximum atomic E-state index is 13.0. The van der Waals surface area contributed by atoms with Gasteiger partial charge in [-0.3, -0.25) is 9.59 Å². The van der Waals surface area contributed by atoms with E-state index in [4.69, 9.17) is 0 Å². The van der Waals surface area contributed by atoms with Gasteiger partial charge in [-0.25, -0.2) is 4.39 Å².